The van der Waals surface area contributed by atoms with Crippen molar-refractivity contribution in [2.75, 3.05) is 19.8 Å². The molecule has 1 aliphatic rings. The molecule has 3 heterocycles. The van der Waals surface area contributed by atoms with Crippen LogP contribution in [0.4, 0.5) is 0 Å². The Balaban J connectivity index is 1.66. The van der Waals surface area contributed by atoms with Crippen molar-refractivity contribution in [3.63, 3.8) is 0 Å². The molecule has 1 saturated heterocycles. The number of nitrogens with two attached hydrogens (primary N) is 1. The van der Waals surface area contributed by atoms with Gasteiger partial charge in [-0.25, -0.2) is 4.98 Å². The normalized spacial score (nSPS) is 16.9. The predicted octanol–water partition coefficient (Wildman–Crippen LogP) is 3.92. The fraction of sp³-hybridized carbons (Fsp3) is 0.333. The van der Waals surface area contributed by atoms with E-state index in [0.29, 0.717) is 47.0 Å². The third kappa shape index (κ3) is 4.26. The third-order valence-corrected chi connectivity index (χ3v) is 5.76. The standard InChI is InChI=1S/C21H22Cl2N4O2/c22-15-3-4-16(18(23)7-15)17-11-27-19(10-25-20(27)6-14(17)8-24)21(28)26-9-13-2-1-5-29-12-13/h3-4,6-7,10-11,13H,1-2,5,8-9,12,24H2,(H,26,28). The maximum atomic E-state index is 12.8. The van der Waals surface area contributed by atoms with Crippen LogP contribution in [-0.2, 0) is 11.3 Å². The number of carbonyl (C=O) groups excluding carboxylic acids is 1. The van der Waals surface area contributed by atoms with Crippen molar-refractivity contribution in [2.24, 2.45) is 11.7 Å². The summed E-state index contributed by atoms with van der Waals surface area (Å²) in [5.41, 5.74) is 9.61. The number of hydrogen-bond donors (Lipinski definition) is 2. The van der Waals surface area contributed by atoms with Crippen LogP contribution in [0.5, 0.6) is 0 Å². The largest absolute Gasteiger partial charge is 0.381 e. The van der Waals surface area contributed by atoms with Gasteiger partial charge in [0.2, 0.25) is 0 Å². The first-order valence-corrected chi connectivity index (χ1v) is 10.3. The lowest BCUT2D eigenvalue weighted by molar-refractivity contribution is 0.0535. The van der Waals surface area contributed by atoms with Crippen LogP contribution >= 0.6 is 23.2 Å². The van der Waals surface area contributed by atoms with Crippen LogP contribution in [0.15, 0.2) is 36.7 Å². The molecule has 29 heavy (non-hydrogen) atoms. The Morgan fingerprint density at radius 2 is 2.17 bits per heavy atom. The molecule has 2 aromatic heterocycles. The maximum absolute atomic E-state index is 12.8. The highest BCUT2D eigenvalue weighted by molar-refractivity contribution is 6.36. The zero-order valence-electron chi connectivity index (χ0n) is 15.8. The number of imidazole rings is 1. The second kappa shape index (κ2) is 8.71. The molecular formula is C21H22Cl2N4O2. The van der Waals surface area contributed by atoms with Gasteiger partial charge in [-0.05, 0) is 42.5 Å². The molecule has 0 aliphatic carbocycles. The van der Waals surface area contributed by atoms with Gasteiger partial charge >= 0.3 is 0 Å². The minimum absolute atomic E-state index is 0.170. The number of hydrogen-bond acceptors (Lipinski definition) is 4. The molecule has 1 aromatic carbocycles. The maximum Gasteiger partial charge on any atom is 0.269 e. The lowest BCUT2D eigenvalue weighted by Crippen LogP contribution is -2.33. The molecule has 1 aliphatic heterocycles. The van der Waals surface area contributed by atoms with Crippen LogP contribution in [0.25, 0.3) is 16.8 Å². The molecule has 1 unspecified atom stereocenters. The minimum Gasteiger partial charge on any atom is -0.381 e. The first-order valence-electron chi connectivity index (χ1n) is 9.58. The molecule has 1 fully saturated rings. The zero-order chi connectivity index (χ0) is 20.4. The Morgan fingerprint density at radius 1 is 1.31 bits per heavy atom. The van der Waals surface area contributed by atoms with Gasteiger partial charge in [-0.2, -0.15) is 0 Å². The summed E-state index contributed by atoms with van der Waals surface area (Å²) in [6.45, 7) is 2.40. The summed E-state index contributed by atoms with van der Waals surface area (Å²) >= 11 is 12.4. The Kier molecular flexibility index (Phi) is 6.06. The number of halogens is 2. The van der Waals surface area contributed by atoms with Crippen molar-refractivity contribution in [3.05, 3.63) is 58.0 Å². The van der Waals surface area contributed by atoms with Gasteiger partial charge in [-0.1, -0.05) is 29.3 Å². The molecule has 8 heteroatoms. The average Bonchev–Trinajstić information content (AvgIpc) is 3.15. The Morgan fingerprint density at radius 3 is 2.90 bits per heavy atom. The van der Waals surface area contributed by atoms with Crippen molar-refractivity contribution in [1.82, 2.24) is 14.7 Å². The van der Waals surface area contributed by atoms with E-state index in [1.54, 1.807) is 22.7 Å². The highest BCUT2D eigenvalue weighted by atomic mass is 35.5. The highest BCUT2D eigenvalue weighted by Crippen LogP contribution is 2.33. The van der Waals surface area contributed by atoms with Crippen molar-refractivity contribution < 1.29 is 9.53 Å². The van der Waals surface area contributed by atoms with Crippen LogP contribution in [0.3, 0.4) is 0 Å². The monoisotopic (exact) mass is 432 g/mol. The summed E-state index contributed by atoms with van der Waals surface area (Å²) in [6.07, 6.45) is 5.53. The van der Waals surface area contributed by atoms with Gasteiger partial charge < -0.3 is 15.8 Å². The fourth-order valence-corrected chi connectivity index (χ4v) is 4.16. The quantitative estimate of drug-likeness (QED) is 0.639. The first-order chi connectivity index (χ1) is 14.1. The summed E-state index contributed by atoms with van der Waals surface area (Å²) in [7, 11) is 0. The summed E-state index contributed by atoms with van der Waals surface area (Å²) in [5.74, 6) is 0.177. The van der Waals surface area contributed by atoms with Gasteiger partial charge in [-0.15, -0.1) is 0 Å². The van der Waals surface area contributed by atoms with E-state index in [2.05, 4.69) is 10.3 Å². The Labute approximate surface area is 179 Å². The summed E-state index contributed by atoms with van der Waals surface area (Å²) in [4.78, 5) is 17.2. The molecule has 0 radical (unpaired) electrons. The molecule has 4 rings (SSSR count). The minimum atomic E-state index is -0.170. The Bertz CT molecular complexity index is 1040. The molecule has 0 saturated carbocycles. The number of rotatable bonds is 5. The third-order valence-electron chi connectivity index (χ3n) is 5.21. The molecule has 3 N–H and O–H groups in total. The summed E-state index contributed by atoms with van der Waals surface area (Å²) in [6, 6.07) is 7.20. The van der Waals surface area contributed by atoms with Crippen LogP contribution in [-0.4, -0.2) is 35.1 Å². The predicted molar refractivity (Wildman–Crippen MR) is 114 cm³/mol. The second-order valence-corrected chi connectivity index (χ2v) is 8.05. The number of nitrogens with one attached hydrogen (secondary N) is 1. The van der Waals surface area contributed by atoms with Crippen molar-refractivity contribution >= 4 is 34.8 Å². The molecule has 1 atom stereocenters. The number of ether oxygens (including phenoxy) is 1. The average molecular weight is 433 g/mol. The van der Waals surface area contributed by atoms with Gasteiger partial charge in [0.05, 0.1) is 12.8 Å². The molecule has 1 amide bonds. The highest BCUT2D eigenvalue weighted by Gasteiger charge is 2.19. The lowest BCUT2D eigenvalue weighted by atomic mass is 10.0. The lowest BCUT2D eigenvalue weighted by Gasteiger charge is -2.22. The number of benzene rings is 1. The van der Waals surface area contributed by atoms with E-state index >= 15 is 0 Å². The molecule has 3 aromatic rings. The molecule has 0 bridgehead atoms. The van der Waals surface area contributed by atoms with Gasteiger partial charge in [0.15, 0.2) is 0 Å². The fourth-order valence-electron chi connectivity index (χ4n) is 3.65. The molecule has 6 nitrogen and oxygen atoms in total. The van der Waals surface area contributed by atoms with Crippen molar-refractivity contribution in [2.45, 2.75) is 19.4 Å². The van der Waals surface area contributed by atoms with Crippen LogP contribution in [0.2, 0.25) is 10.0 Å². The van der Waals surface area contributed by atoms with E-state index in [-0.39, 0.29) is 5.91 Å². The van der Waals surface area contributed by atoms with E-state index in [4.69, 9.17) is 33.7 Å². The molecular weight excluding hydrogens is 411 g/mol. The number of amides is 1. The number of aromatic nitrogens is 2. The van der Waals surface area contributed by atoms with Gasteiger partial charge in [0.1, 0.15) is 11.3 Å². The SMILES string of the molecule is NCc1cc2ncc(C(=O)NCC3CCCOC3)n2cc1-c1ccc(Cl)cc1Cl. The van der Waals surface area contributed by atoms with E-state index in [0.717, 1.165) is 36.1 Å². The van der Waals surface area contributed by atoms with Gasteiger partial charge in [0, 0.05) is 47.1 Å². The van der Waals surface area contributed by atoms with E-state index in [9.17, 15) is 4.79 Å². The summed E-state index contributed by atoms with van der Waals surface area (Å²) < 4.78 is 7.25. The second-order valence-electron chi connectivity index (χ2n) is 7.21. The first kappa shape index (κ1) is 20.2. The van der Waals surface area contributed by atoms with Crippen LogP contribution in [0, 0.1) is 5.92 Å². The summed E-state index contributed by atoms with van der Waals surface area (Å²) in [5, 5.41) is 4.09. The van der Waals surface area contributed by atoms with Gasteiger partial charge in [0.25, 0.3) is 5.91 Å². The molecule has 152 valence electrons. The zero-order valence-corrected chi connectivity index (χ0v) is 17.3. The number of nitrogens with zero attached hydrogens (tertiary/aromatic N) is 2. The van der Waals surface area contributed by atoms with E-state index in [1.165, 1.54) is 0 Å². The topological polar surface area (TPSA) is 81.6 Å². The van der Waals surface area contributed by atoms with Crippen molar-refractivity contribution in [3.8, 4) is 11.1 Å². The number of carbonyl (C=O) groups is 1. The van der Waals surface area contributed by atoms with Crippen LogP contribution in [0.1, 0.15) is 28.9 Å². The smallest absolute Gasteiger partial charge is 0.269 e. The molecule has 0 spiro atoms. The van der Waals surface area contributed by atoms with E-state index < -0.39 is 0 Å². The van der Waals surface area contributed by atoms with Gasteiger partial charge in [-0.3, -0.25) is 9.20 Å². The number of pyridine rings is 1. The van der Waals surface area contributed by atoms with E-state index in [1.807, 2.05) is 18.3 Å². The number of fused-ring (bicyclic) bond motifs is 1. The Hall–Kier alpha value is -2.12. The van der Waals surface area contributed by atoms with Crippen molar-refractivity contribution in [1.29, 1.82) is 0 Å². The van der Waals surface area contributed by atoms with Crippen LogP contribution < -0.4 is 11.1 Å².